The molecule has 0 N–H and O–H groups in total. The fourth-order valence-corrected chi connectivity index (χ4v) is 8.45. The quantitative estimate of drug-likeness (QED) is 0.159. The van der Waals surface area contributed by atoms with Crippen LogP contribution in [0.3, 0.4) is 0 Å². The van der Waals surface area contributed by atoms with Gasteiger partial charge in [-0.2, -0.15) is 0 Å². The highest BCUT2D eigenvalue weighted by atomic mass is 16.3. The number of para-hydroxylation sites is 2. The summed E-state index contributed by atoms with van der Waals surface area (Å²) in [5.41, 5.74) is 9.19. The minimum absolute atomic E-state index is 0.183. The number of furan rings is 1. The van der Waals surface area contributed by atoms with Crippen molar-refractivity contribution in [2.75, 3.05) is 4.90 Å². The van der Waals surface area contributed by atoms with E-state index in [4.69, 9.17) is 11.3 Å². The van der Waals surface area contributed by atoms with Crippen LogP contribution in [-0.2, 0) is 0 Å². The minimum atomic E-state index is -0.414. The van der Waals surface area contributed by atoms with Crippen LogP contribution in [0.2, 0.25) is 0 Å². The fourth-order valence-electron chi connectivity index (χ4n) is 8.45. The summed E-state index contributed by atoms with van der Waals surface area (Å²) in [5.74, 6) is 0. The first kappa shape index (κ1) is 27.2. The Bertz CT molecular complexity index is 3510. The van der Waals surface area contributed by atoms with Crippen molar-refractivity contribution in [3.05, 3.63) is 212 Å². The zero-order valence-corrected chi connectivity index (χ0v) is 30.2. The molecule has 11 aromatic rings. The summed E-state index contributed by atoms with van der Waals surface area (Å²) in [6.07, 6.45) is 0. The molecule has 2 heteroatoms. The Morgan fingerprint density at radius 3 is 1.59 bits per heavy atom. The Hall–Kier alpha value is -7.42. The SMILES string of the molecule is [2H]c1c([2H])c([2H])c(-c2c(-c3ccc(N(c4ccc(-c5cccc6c5oc5ccccc56)cc4)c4cccc5ccccc45)cc3)c3ccccc3c3ccccc23)c([2H])c1[2H]. The van der Waals surface area contributed by atoms with Crippen LogP contribution in [0.4, 0.5) is 17.1 Å². The zero-order chi connectivity index (χ0) is 41.4. The van der Waals surface area contributed by atoms with Crippen molar-refractivity contribution in [1.82, 2.24) is 0 Å². The van der Waals surface area contributed by atoms with Crippen molar-refractivity contribution in [1.29, 1.82) is 0 Å². The summed E-state index contributed by atoms with van der Waals surface area (Å²) in [6.45, 7) is 0. The molecule has 0 radical (unpaired) electrons. The van der Waals surface area contributed by atoms with Gasteiger partial charge in [0, 0.05) is 33.1 Å². The van der Waals surface area contributed by atoms with Crippen molar-refractivity contribution in [3.63, 3.8) is 0 Å². The lowest BCUT2D eigenvalue weighted by atomic mass is 9.85. The average Bonchev–Trinajstić information content (AvgIpc) is 3.70. The van der Waals surface area contributed by atoms with Crippen LogP contribution in [0, 0.1) is 0 Å². The van der Waals surface area contributed by atoms with Gasteiger partial charge in [0.15, 0.2) is 0 Å². The van der Waals surface area contributed by atoms with Gasteiger partial charge >= 0.3 is 0 Å². The maximum absolute atomic E-state index is 9.11. The molecule has 56 heavy (non-hydrogen) atoms. The monoisotopic (exact) mass is 718 g/mol. The maximum atomic E-state index is 9.11. The van der Waals surface area contributed by atoms with E-state index in [0.29, 0.717) is 5.56 Å². The summed E-state index contributed by atoms with van der Waals surface area (Å²) >= 11 is 0. The molecule has 0 bridgehead atoms. The van der Waals surface area contributed by atoms with Crippen LogP contribution in [0.5, 0.6) is 0 Å². The van der Waals surface area contributed by atoms with Gasteiger partial charge in [-0.3, -0.25) is 0 Å². The Balaban J connectivity index is 1.10. The molecular formula is C54H35NO. The predicted octanol–water partition coefficient (Wildman–Crippen LogP) is 15.5. The molecule has 0 aliphatic carbocycles. The van der Waals surface area contributed by atoms with Crippen molar-refractivity contribution in [3.8, 4) is 33.4 Å². The Morgan fingerprint density at radius 2 is 0.893 bits per heavy atom. The second-order valence-corrected chi connectivity index (χ2v) is 14.0. The van der Waals surface area contributed by atoms with E-state index in [-0.39, 0.29) is 29.7 Å². The topological polar surface area (TPSA) is 16.4 Å². The van der Waals surface area contributed by atoms with Gasteiger partial charge < -0.3 is 9.32 Å². The van der Waals surface area contributed by atoms with Crippen molar-refractivity contribution in [2.45, 2.75) is 0 Å². The third kappa shape index (κ3) is 5.19. The predicted molar refractivity (Wildman–Crippen MR) is 237 cm³/mol. The summed E-state index contributed by atoms with van der Waals surface area (Å²) in [7, 11) is 0. The molecule has 0 atom stereocenters. The number of benzene rings is 10. The second-order valence-electron chi connectivity index (χ2n) is 14.0. The standard InChI is InChI=1S/C54H35NO/c1-2-15-38(16-3-1)52-47-22-8-6-19-44(47)45-20-7-9-23-48(45)53(52)39-30-34-41(35-31-39)55(50-26-12-17-36-14-4-5-18-42(36)50)40-32-28-37(29-33-40)43-24-13-25-49-46-21-10-11-27-51(46)56-54(43)49/h1-35H/i1D,2D,3D,15D,16D. The van der Waals surface area contributed by atoms with Gasteiger partial charge in [-0.15, -0.1) is 0 Å². The van der Waals surface area contributed by atoms with E-state index in [9.17, 15) is 0 Å². The van der Waals surface area contributed by atoms with Crippen molar-refractivity contribution < 1.29 is 11.3 Å². The van der Waals surface area contributed by atoms with Crippen molar-refractivity contribution >= 4 is 71.3 Å². The molecule has 0 saturated carbocycles. The molecule has 0 aliphatic heterocycles. The first-order valence-corrected chi connectivity index (χ1v) is 18.8. The van der Waals surface area contributed by atoms with Gasteiger partial charge in [0.05, 0.1) is 12.5 Å². The third-order valence-electron chi connectivity index (χ3n) is 10.9. The van der Waals surface area contributed by atoms with E-state index in [2.05, 4.69) is 132 Å². The molecule has 1 heterocycles. The lowest BCUT2D eigenvalue weighted by Gasteiger charge is -2.27. The number of rotatable bonds is 6. The maximum Gasteiger partial charge on any atom is 0.143 e. The Kier molecular flexibility index (Phi) is 6.39. The Morgan fingerprint density at radius 1 is 0.375 bits per heavy atom. The van der Waals surface area contributed by atoms with Gasteiger partial charge in [-0.1, -0.05) is 176 Å². The number of fused-ring (bicyclic) bond motifs is 7. The van der Waals surface area contributed by atoms with Crippen LogP contribution in [0.15, 0.2) is 217 Å². The number of hydrogen-bond acceptors (Lipinski definition) is 2. The molecule has 0 unspecified atom stereocenters. The largest absolute Gasteiger partial charge is 0.455 e. The van der Waals surface area contributed by atoms with Gasteiger partial charge in [0.1, 0.15) is 11.2 Å². The molecule has 10 aromatic carbocycles. The van der Waals surface area contributed by atoms with Crippen LogP contribution < -0.4 is 4.90 Å². The first-order chi connectivity index (χ1) is 29.9. The number of hydrogen-bond donors (Lipinski definition) is 0. The average molecular weight is 719 g/mol. The van der Waals surface area contributed by atoms with Crippen LogP contribution in [0.25, 0.3) is 87.6 Å². The molecule has 0 saturated heterocycles. The minimum Gasteiger partial charge on any atom is -0.455 e. The highest BCUT2D eigenvalue weighted by Gasteiger charge is 2.20. The lowest BCUT2D eigenvalue weighted by Crippen LogP contribution is -2.10. The van der Waals surface area contributed by atoms with Gasteiger partial charge in [0.25, 0.3) is 0 Å². The summed E-state index contributed by atoms with van der Waals surface area (Å²) < 4.78 is 50.3. The summed E-state index contributed by atoms with van der Waals surface area (Å²) in [6, 6.07) is 60.7. The van der Waals surface area contributed by atoms with Gasteiger partial charge in [-0.05, 0) is 91.1 Å². The van der Waals surface area contributed by atoms with Gasteiger partial charge in [0.2, 0.25) is 0 Å². The molecule has 0 spiro atoms. The summed E-state index contributed by atoms with van der Waals surface area (Å²) in [5, 5.41) is 8.12. The highest BCUT2D eigenvalue weighted by Crippen LogP contribution is 2.46. The number of anilines is 3. The molecule has 2 nitrogen and oxygen atoms in total. The van der Waals surface area contributed by atoms with Gasteiger partial charge in [-0.25, -0.2) is 0 Å². The van der Waals surface area contributed by atoms with E-state index in [1.165, 1.54) is 0 Å². The molecule has 0 aliphatic rings. The smallest absolute Gasteiger partial charge is 0.143 e. The van der Waals surface area contributed by atoms with Crippen LogP contribution in [-0.4, -0.2) is 0 Å². The van der Waals surface area contributed by atoms with E-state index < -0.39 is 6.04 Å². The molecule has 0 fully saturated rings. The first-order valence-electron chi connectivity index (χ1n) is 21.3. The third-order valence-corrected chi connectivity index (χ3v) is 10.9. The molecule has 1 aromatic heterocycles. The molecule has 11 rings (SSSR count). The number of nitrogens with zero attached hydrogens (tertiary/aromatic N) is 1. The van der Waals surface area contributed by atoms with E-state index >= 15 is 0 Å². The Labute approximate surface area is 332 Å². The van der Waals surface area contributed by atoms with E-state index in [1.807, 2.05) is 54.6 Å². The normalized spacial score (nSPS) is 12.8. The second kappa shape index (κ2) is 13.2. The van der Waals surface area contributed by atoms with E-state index in [0.717, 1.165) is 93.6 Å². The summed E-state index contributed by atoms with van der Waals surface area (Å²) in [4.78, 5) is 2.27. The highest BCUT2D eigenvalue weighted by molar-refractivity contribution is 6.21. The molecule has 262 valence electrons. The molecular weight excluding hydrogens is 679 g/mol. The molecule has 0 amide bonds. The zero-order valence-electron chi connectivity index (χ0n) is 35.2. The lowest BCUT2D eigenvalue weighted by molar-refractivity contribution is 0.670. The van der Waals surface area contributed by atoms with E-state index in [1.54, 1.807) is 0 Å². The van der Waals surface area contributed by atoms with Crippen LogP contribution >= 0.6 is 0 Å². The van der Waals surface area contributed by atoms with Crippen molar-refractivity contribution in [2.24, 2.45) is 0 Å². The van der Waals surface area contributed by atoms with Crippen LogP contribution in [0.1, 0.15) is 6.85 Å². The fraction of sp³-hybridized carbons (Fsp3) is 0.